The Kier molecular flexibility index (Phi) is 2.74. The Balaban J connectivity index is 1.60. The summed E-state index contributed by atoms with van der Waals surface area (Å²) in [6, 6.07) is 7.45. The lowest BCUT2D eigenvalue weighted by Gasteiger charge is -2.23. The van der Waals surface area contributed by atoms with Crippen molar-refractivity contribution < 1.29 is 14.0 Å². The highest BCUT2D eigenvalue weighted by Gasteiger charge is 2.27. The van der Waals surface area contributed by atoms with Crippen LogP contribution < -0.4 is 9.47 Å². The van der Waals surface area contributed by atoms with Gasteiger partial charge in [0.2, 0.25) is 11.9 Å². The van der Waals surface area contributed by atoms with Crippen molar-refractivity contribution in [2.75, 3.05) is 6.61 Å². The molecule has 0 spiro atoms. The Bertz CT molecular complexity index is 760. The van der Waals surface area contributed by atoms with Crippen molar-refractivity contribution in [2.24, 2.45) is 0 Å². The zero-order valence-electron chi connectivity index (χ0n) is 10.8. The fourth-order valence-electron chi connectivity index (χ4n) is 2.03. The van der Waals surface area contributed by atoms with E-state index < -0.39 is 6.10 Å². The normalized spacial score (nSPS) is 16.7. The molecule has 7 heteroatoms. The van der Waals surface area contributed by atoms with Gasteiger partial charge in [-0.15, -0.1) is 0 Å². The van der Waals surface area contributed by atoms with E-state index in [1.165, 1.54) is 0 Å². The predicted octanol–water partition coefficient (Wildman–Crippen LogP) is 2.04. The molecule has 7 nitrogen and oxygen atoms in total. The van der Waals surface area contributed by atoms with Crippen LogP contribution in [0.3, 0.4) is 0 Å². The quantitative estimate of drug-likeness (QED) is 0.711. The van der Waals surface area contributed by atoms with Crippen molar-refractivity contribution in [3.05, 3.63) is 48.7 Å². The molecule has 1 atom stereocenters. The van der Waals surface area contributed by atoms with Crippen molar-refractivity contribution in [2.45, 2.75) is 6.10 Å². The molecule has 104 valence electrons. The summed E-state index contributed by atoms with van der Waals surface area (Å²) in [4.78, 5) is 12.4. The van der Waals surface area contributed by atoms with Gasteiger partial charge in [-0.2, -0.15) is 4.98 Å². The molecule has 3 heterocycles. The van der Waals surface area contributed by atoms with E-state index in [0.29, 0.717) is 35.5 Å². The van der Waals surface area contributed by atoms with Gasteiger partial charge in [-0.1, -0.05) is 17.3 Å². The largest absolute Gasteiger partial charge is 0.485 e. The molecule has 21 heavy (non-hydrogen) atoms. The molecule has 1 aliphatic heterocycles. The highest BCUT2D eigenvalue weighted by Crippen LogP contribution is 2.35. The zero-order chi connectivity index (χ0) is 14.1. The third-order valence-corrected chi connectivity index (χ3v) is 3.02. The van der Waals surface area contributed by atoms with E-state index in [2.05, 4.69) is 20.1 Å². The second-order valence-electron chi connectivity index (χ2n) is 4.41. The highest BCUT2D eigenvalue weighted by molar-refractivity contribution is 5.45. The molecular weight excluding hydrogens is 272 g/mol. The smallest absolute Gasteiger partial charge is 0.271 e. The van der Waals surface area contributed by atoms with Gasteiger partial charge in [-0.25, -0.2) is 4.98 Å². The molecular formula is C14H10N4O3. The summed E-state index contributed by atoms with van der Waals surface area (Å²) in [5.41, 5.74) is 0.546. The minimum Gasteiger partial charge on any atom is -0.485 e. The second-order valence-corrected chi connectivity index (χ2v) is 4.41. The minimum absolute atomic E-state index is 0.319. The third kappa shape index (κ3) is 2.18. The average molecular weight is 282 g/mol. The van der Waals surface area contributed by atoms with Crippen LogP contribution in [0.15, 0.2) is 47.4 Å². The van der Waals surface area contributed by atoms with Gasteiger partial charge in [-0.3, -0.25) is 4.98 Å². The molecule has 0 N–H and O–H groups in total. The summed E-state index contributed by atoms with van der Waals surface area (Å²) < 4.78 is 16.7. The van der Waals surface area contributed by atoms with E-state index in [1.807, 2.05) is 24.3 Å². The van der Waals surface area contributed by atoms with Crippen molar-refractivity contribution >= 4 is 0 Å². The molecule has 0 saturated carbocycles. The summed E-state index contributed by atoms with van der Waals surface area (Å²) >= 11 is 0. The lowest BCUT2D eigenvalue weighted by Crippen LogP contribution is -2.21. The lowest BCUT2D eigenvalue weighted by molar-refractivity contribution is 0.0665. The maximum atomic E-state index is 5.81. The third-order valence-electron chi connectivity index (χ3n) is 3.02. The average Bonchev–Trinajstić information content (AvgIpc) is 3.05. The number of ether oxygens (including phenoxy) is 2. The molecule has 0 radical (unpaired) electrons. The predicted molar refractivity (Wildman–Crippen MR) is 70.6 cm³/mol. The Morgan fingerprint density at radius 2 is 2.00 bits per heavy atom. The Hall–Kier alpha value is -2.96. The van der Waals surface area contributed by atoms with Crippen LogP contribution in [-0.4, -0.2) is 26.7 Å². The maximum Gasteiger partial charge on any atom is 0.271 e. The van der Waals surface area contributed by atoms with Crippen molar-refractivity contribution in [3.63, 3.8) is 0 Å². The van der Waals surface area contributed by atoms with Crippen molar-refractivity contribution in [1.82, 2.24) is 20.1 Å². The number of fused-ring (bicyclic) bond motifs is 1. The zero-order valence-corrected chi connectivity index (χ0v) is 10.8. The Morgan fingerprint density at radius 3 is 2.86 bits per heavy atom. The molecule has 1 aliphatic rings. The monoisotopic (exact) mass is 282 g/mol. The molecule has 2 aromatic heterocycles. The number of benzene rings is 1. The van der Waals surface area contributed by atoms with Gasteiger partial charge in [-0.05, 0) is 12.1 Å². The van der Waals surface area contributed by atoms with Gasteiger partial charge in [0.05, 0.1) is 6.20 Å². The first-order valence-electron chi connectivity index (χ1n) is 6.38. The number of nitrogens with zero attached hydrogens (tertiary/aromatic N) is 4. The van der Waals surface area contributed by atoms with Crippen LogP contribution in [0.1, 0.15) is 12.0 Å². The first-order valence-corrected chi connectivity index (χ1v) is 6.38. The number of rotatable bonds is 2. The molecule has 1 aromatic carbocycles. The van der Waals surface area contributed by atoms with E-state index >= 15 is 0 Å². The molecule has 3 aromatic rings. The van der Waals surface area contributed by atoms with E-state index in [4.69, 9.17) is 14.0 Å². The summed E-state index contributed by atoms with van der Waals surface area (Å²) in [7, 11) is 0. The summed E-state index contributed by atoms with van der Waals surface area (Å²) in [6.45, 7) is 0.319. The molecule has 0 bridgehead atoms. The van der Waals surface area contributed by atoms with Crippen LogP contribution in [0, 0.1) is 0 Å². The molecule has 4 rings (SSSR count). The van der Waals surface area contributed by atoms with E-state index in [0.717, 1.165) is 0 Å². The van der Waals surface area contributed by atoms with Gasteiger partial charge in [0, 0.05) is 12.4 Å². The van der Waals surface area contributed by atoms with Gasteiger partial charge < -0.3 is 14.0 Å². The van der Waals surface area contributed by atoms with Crippen LogP contribution >= 0.6 is 0 Å². The van der Waals surface area contributed by atoms with Crippen LogP contribution in [0.2, 0.25) is 0 Å². The second kappa shape index (κ2) is 4.86. The standard InChI is InChI=1S/C14H10N4O3/c1-2-4-11-10(3-1)19-8-12(20-11)14-17-13(18-21-14)9-7-15-5-6-16-9/h1-7,12H,8H2/t12-/m0/s1. The molecule has 0 aliphatic carbocycles. The number of aromatic nitrogens is 4. The van der Waals surface area contributed by atoms with Crippen LogP contribution in [0.5, 0.6) is 11.5 Å². The van der Waals surface area contributed by atoms with E-state index in [9.17, 15) is 0 Å². The molecule has 0 saturated heterocycles. The van der Waals surface area contributed by atoms with Gasteiger partial charge in [0.1, 0.15) is 12.3 Å². The minimum atomic E-state index is -0.433. The van der Waals surface area contributed by atoms with Crippen LogP contribution in [0.4, 0.5) is 0 Å². The van der Waals surface area contributed by atoms with Gasteiger partial charge in [0.25, 0.3) is 5.89 Å². The van der Waals surface area contributed by atoms with Gasteiger partial charge in [0.15, 0.2) is 11.5 Å². The SMILES string of the molecule is c1ccc2c(c1)OC[C@@H](c1nc(-c3cnccn3)no1)O2. The Morgan fingerprint density at radius 1 is 1.10 bits per heavy atom. The summed E-state index contributed by atoms with van der Waals surface area (Å²) in [6.07, 6.45) is 4.29. The van der Waals surface area contributed by atoms with E-state index in [-0.39, 0.29) is 0 Å². The highest BCUT2D eigenvalue weighted by atomic mass is 16.6. The Labute approximate surface area is 119 Å². The maximum absolute atomic E-state index is 5.81. The van der Waals surface area contributed by atoms with Crippen LogP contribution in [-0.2, 0) is 0 Å². The van der Waals surface area contributed by atoms with Crippen molar-refractivity contribution in [1.29, 1.82) is 0 Å². The molecule has 0 unspecified atom stereocenters. The first-order chi connectivity index (χ1) is 10.4. The lowest BCUT2D eigenvalue weighted by atomic mass is 10.2. The van der Waals surface area contributed by atoms with E-state index in [1.54, 1.807) is 18.6 Å². The number of hydrogen-bond acceptors (Lipinski definition) is 7. The summed E-state index contributed by atoms with van der Waals surface area (Å²) in [5.74, 6) is 2.10. The number of hydrogen-bond donors (Lipinski definition) is 0. The fourth-order valence-corrected chi connectivity index (χ4v) is 2.03. The fraction of sp³-hybridized carbons (Fsp3) is 0.143. The van der Waals surface area contributed by atoms with Gasteiger partial charge >= 0.3 is 0 Å². The van der Waals surface area contributed by atoms with Crippen molar-refractivity contribution in [3.8, 4) is 23.0 Å². The van der Waals surface area contributed by atoms with Crippen LogP contribution in [0.25, 0.3) is 11.5 Å². The molecule has 0 amide bonds. The first kappa shape index (κ1) is 11.8. The number of para-hydroxylation sites is 2. The summed E-state index contributed by atoms with van der Waals surface area (Å²) in [5, 5.41) is 3.89. The molecule has 0 fully saturated rings. The topological polar surface area (TPSA) is 83.2 Å².